The first-order chi connectivity index (χ1) is 8.19. The van der Waals surface area contributed by atoms with Crippen LogP contribution in [-0.4, -0.2) is 12.1 Å². The van der Waals surface area contributed by atoms with Gasteiger partial charge in [0, 0.05) is 10.9 Å². The minimum Gasteiger partial charge on any atom is -0.496 e. The number of thiazole rings is 1. The molecular formula is C12H11FN2OS. The summed E-state index contributed by atoms with van der Waals surface area (Å²) in [4.78, 5) is 4.08. The summed E-state index contributed by atoms with van der Waals surface area (Å²) in [6.07, 6.45) is 3.51. The molecule has 0 radical (unpaired) electrons. The van der Waals surface area contributed by atoms with Crippen LogP contribution in [0.4, 0.5) is 9.52 Å². The first kappa shape index (κ1) is 11.6. The molecule has 0 amide bonds. The standard InChI is InChI=1S/C12H11FN2OS/c1-16-11-5-3-9(13)6-8(11)2-4-10-7-17-12(14)15-10/h2-7H,1H3,(H2,14,15). The van der Waals surface area contributed by atoms with Gasteiger partial charge in [0.05, 0.1) is 12.8 Å². The molecule has 0 aliphatic carbocycles. The summed E-state index contributed by atoms with van der Waals surface area (Å²) in [6.45, 7) is 0. The Morgan fingerprint density at radius 2 is 2.24 bits per heavy atom. The second-order valence-corrected chi connectivity index (χ2v) is 4.22. The molecule has 0 aliphatic rings. The zero-order valence-electron chi connectivity index (χ0n) is 9.18. The number of anilines is 1. The Morgan fingerprint density at radius 3 is 2.88 bits per heavy atom. The van der Waals surface area contributed by atoms with Crippen molar-refractivity contribution in [2.45, 2.75) is 0 Å². The number of benzene rings is 1. The molecule has 1 aromatic carbocycles. The van der Waals surface area contributed by atoms with Crippen LogP contribution in [-0.2, 0) is 0 Å². The predicted molar refractivity (Wildman–Crippen MR) is 68.4 cm³/mol. The molecule has 1 heterocycles. The van der Waals surface area contributed by atoms with Gasteiger partial charge in [-0.25, -0.2) is 9.37 Å². The van der Waals surface area contributed by atoms with Crippen molar-refractivity contribution >= 4 is 28.6 Å². The van der Waals surface area contributed by atoms with Crippen molar-refractivity contribution < 1.29 is 9.13 Å². The van der Waals surface area contributed by atoms with Gasteiger partial charge in [-0.1, -0.05) is 0 Å². The monoisotopic (exact) mass is 250 g/mol. The van der Waals surface area contributed by atoms with Gasteiger partial charge in [-0.2, -0.15) is 0 Å². The van der Waals surface area contributed by atoms with Gasteiger partial charge in [0.1, 0.15) is 11.6 Å². The Bertz CT molecular complexity index is 551. The summed E-state index contributed by atoms with van der Waals surface area (Å²) in [5, 5.41) is 2.34. The number of rotatable bonds is 3. The van der Waals surface area contributed by atoms with Crippen LogP contribution in [0.25, 0.3) is 12.2 Å². The summed E-state index contributed by atoms with van der Waals surface area (Å²) in [6, 6.07) is 4.35. The summed E-state index contributed by atoms with van der Waals surface area (Å²) >= 11 is 1.36. The normalized spacial score (nSPS) is 10.9. The van der Waals surface area contributed by atoms with Gasteiger partial charge in [0.15, 0.2) is 5.13 Å². The molecule has 5 heteroatoms. The molecule has 0 fully saturated rings. The van der Waals surface area contributed by atoms with E-state index in [0.29, 0.717) is 16.4 Å². The number of hydrogen-bond donors (Lipinski definition) is 1. The van der Waals surface area contributed by atoms with Crippen LogP contribution in [0.3, 0.4) is 0 Å². The van der Waals surface area contributed by atoms with E-state index in [2.05, 4.69) is 4.98 Å². The third kappa shape index (κ3) is 2.82. The Labute approximate surface area is 102 Å². The Kier molecular flexibility index (Phi) is 3.39. The SMILES string of the molecule is COc1ccc(F)cc1C=Cc1csc(N)n1. The van der Waals surface area contributed by atoms with E-state index < -0.39 is 0 Å². The van der Waals surface area contributed by atoms with Crippen LogP contribution in [0.2, 0.25) is 0 Å². The molecule has 1 aromatic heterocycles. The molecule has 3 nitrogen and oxygen atoms in total. The number of methoxy groups -OCH3 is 1. The van der Waals surface area contributed by atoms with Gasteiger partial charge < -0.3 is 10.5 Å². The van der Waals surface area contributed by atoms with E-state index in [0.717, 1.165) is 5.69 Å². The number of hydrogen-bond acceptors (Lipinski definition) is 4. The second kappa shape index (κ2) is 4.97. The fraction of sp³-hybridized carbons (Fsp3) is 0.0833. The molecule has 0 aliphatic heterocycles. The summed E-state index contributed by atoms with van der Waals surface area (Å²) in [7, 11) is 1.55. The zero-order valence-corrected chi connectivity index (χ0v) is 10.00. The number of nitrogen functional groups attached to an aromatic ring is 1. The first-order valence-corrected chi connectivity index (χ1v) is 5.79. The lowest BCUT2D eigenvalue weighted by Crippen LogP contribution is -1.88. The molecule has 0 atom stereocenters. The van der Waals surface area contributed by atoms with Crippen molar-refractivity contribution in [3.8, 4) is 5.75 Å². The number of nitrogens with zero attached hydrogens (tertiary/aromatic N) is 1. The smallest absolute Gasteiger partial charge is 0.180 e. The van der Waals surface area contributed by atoms with Crippen molar-refractivity contribution in [3.63, 3.8) is 0 Å². The first-order valence-electron chi connectivity index (χ1n) is 4.91. The van der Waals surface area contributed by atoms with Crippen LogP contribution >= 0.6 is 11.3 Å². The molecule has 0 spiro atoms. The zero-order chi connectivity index (χ0) is 12.3. The van der Waals surface area contributed by atoms with E-state index in [-0.39, 0.29) is 5.82 Å². The van der Waals surface area contributed by atoms with Gasteiger partial charge in [-0.15, -0.1) is 11.3 Å². The van der Waals surface area contributed by atoms with E-state index in [9.17, 15) is 4.39 Å². The number of ether oxygens (including phenoxy) is 1. The third-order valence-electron chi connectivity index (χ3n) is 2.17. The lowest BCUT2D eigenvalue weighted by atomic mass is 10.1. The van der Waals surface area contributed by atoms with Gasteiger partial charge in [0.25, 0.3) is 0 Å². The van der Waals surface area contributed by atoms with E-state index in [1.54, 1.807) is 25.3 Å². The maximum absolute atomic E-state index is 13.1. The molecule has 0 saturated carbocycles. The van der Waals surface area contributed by atoms with E-state index in [4.69, 9.17) is 10.5 Å². The molecule has 2 N–H and O–H groups in total. The van der Waals surface area contributed by atoms with E-state index in [1.807, 2.05) is 5.38 Å². The van der Waals surface area contributed by atoms with Gasteiger partial charge in [-0.3, -0.25) is 0 Å². The lowest BCUT2D eigenvalue weighted by molar-refractivity contribution is 0.412. The highest BCUT2D eigenvalue weighted by atomic mass is 32.1. The quantitative estimate of drug-likeness (QED) is 0.910. The van der Waals surface area contributed by atoms with Gasteiger partial charge in [0.2, 0.25) is 0 Å². The largest absolute Gasteiger partial charge is 0.496 e. The van der Waals surface area contributed by atoms with Gasteiger partial charge >= 0.3 is 0 Å². The highest BCUT2D eigenvalue weighted by Gasteiger charge is 2.01. The molecule has 2 aromatic rings. The summed E-state index contributed by atoms with van der Waals surface area (Å²) < 4.78 is 18.2. The highest BCUT2D eigenvalue weighted by molar-refractivity contribution is 7.13. The average molecular weight is 250 g/mol. The lowest BCUT2D eigenvalue weighted by Gasteiger charge is -2.03. The van der Waals surface area contributed by atoms with Crippen molar-refractivity contribution in [2.24, 2.45) is 0 Å². The van der Waals surface area contributed by atoms with Gasteiger partial charge in [-0.05, 0) is 30.4 Å². The fourth-order valence-corrected chi connectivity index (χ4v) is 1.92. The molecule has 88 valence electrons. The van der Waals surface area contributed by atoms with Crippen molar-refractivity contribution in [1.82, 2.24) is 4.98 Å². The molecule has 0 unspecified atom stereocenters. The van der Waals surface area contributed by atoms with Crippen LogP contribution in [0.1, 0.15) is 11.3 Å². The maximum Gasteiger partial charge on any atom is 0.180 e. The van der Waals surface area contributed by atoms with Crippen LogP contribution in [0.5, 0.6) is 5.75 Å². The fourth-order valence-electron chi connectivity index (χ4n) is 1.39. The van der Waals surface area contributed by atoms with E-state index >= 15 is 0 Å². The second-order valence-electron chi connectivity index (χ2n) is 3.33. The number of aromatic nitrogens is 1. The van der Waals surface area contributed by atoms with Crippen molar-refractivity contribution in [2.75, 3.05) is 12.8 Å². The Hall–Kier alpha value is -1.88. The molecule has 0 bridgehead atoms. The van der Waals surface area contributed by atoms with Crippen molar-refractivity contribution in [1.29, 1.82) is 0 Å². The van der Waals surface area contributed by atoms with Crippen LogP contribution < -0.4 is 10.5 Å². The van der Waals surface area contributed by atoms with Crippen LogP contribution in [0, 0.1) is 5.82 Å². The number of halogens is 1. The molecule has 2 rings (SSSR count). The minimum absolute atomic E-state index is 0.303. The third-order valence-corrected chi connectivity index (χ3v) is 2.86. The maximum atomic E-state index is 13.1. The highest BCUT2D eigenvalue weighted by Crippen LogP contribution is 2.22. The molecule has 0 saturated heterocycles. The Morgan fingerprint density at radius 1 is 1.41 bits per heavy atom. The molecular weight excluding hydrogens is 239 g/mol. The summed E-state index contributed by atoms with van der Waals surface area (Å²) in [5.74, 6) is 0.314. The van der Waals surface area contributed by atoms with Crippen LogP contribution in [0.15, 0.2) is 23.6 Å². The van der Waals surface area contributed by atoms with Crippen molar-refractivity contribution in [3.05, 3.63) is 40.7 Å². The Balaban J connectivity index is 2.28. The van der Waals surface area contributed by atoms with E-state index in [1.165, 1.54) is 23.5 Å². The minimum atomic E-state index is -0.303. The topological polar surface area (TPSA) is 48.1 Å². The average Bonchev–Trinajstić information content (AvgIpc) is 2.73. The predicted octanol–water partition coefficient (Wildman–Crippen LogP) is 3.04. The number of nitrogens with two attached hydrogens (primary N) is 1. The summed E-state index contributed by atoms with van der Waals surface area (Å²) in [5.41, 5.74) is 6.93. The molecule has 17 heavy (non-hydrogen) atoms.